The molecule has 0 aliphatic carbocycles. The minimum absolute atomic E-state index is 0.734. The topological polar surface area (TPSA) is 112 Å². The zero-order valence-corrected chi connectivity index (χ0v) is 15.7. The van der Waals surface area contributed by atoms with E-state index in [4.69, 9.17) is 11.5 Å². The number of nitrogens with zero attached hydrogens (tertiary/aromatic N) is 2. The Morgan fingerprint density at radius 2 is 1.50 bits per heavy atom. The summed E-state index contributed by atoms with van der Waals surface area (Å²) in [5, 5.41) is 8.64. The summed E-state index contributed by atoms with van der Waals surface area (Å²) < 4.78 is 0. The SMILES string of the molecule is Cc1cc(N)c2ccc(C3=C(Nc4ccc5nc(C)cc(N)c5c4)N3)cc2n1. The molecule has 0 radical (unpaired) electrons. The fourth-order valence-electron chi connectivity index (χ4n) is 3.56. The Morgan fingerprint density at radius 1 is 0.786 bits per heavy atom. The molecule has 0 bridgehead atoms. The number of nitrogen functional groups attached to an aromatic ring is 2. The highest BCUT2D eigenvalue weighted by Gasteiger charge is 2.23. The van der Waals surface area contributed by atoms with Crippen LogP contribution in [-0.2, 0) is 0 Å². The summed E-state index contributed by atoms with van der Waals surface area (Å²) in [6.07, 6.45) is 0. The van der Waals surface area contributed by atoms with Crippen molar-refractivity contribution in [3.63, 3.8) is 0 Å². The highest BCUT2D eigenvalue weighted by molar-refractivity contribution is 5.96. The number of hydrogen-bond acceptors (Lipinski definition) is 6. The molecule has 2 aromatic carbocycles. The number of nitrogens with two attached hydrogens (primary N) is 2. The zero-order chi connectivity index (χ0) is 19.4. The van der Waals surface area contributed by atoms with E-state index < -0.39 is 0 Å². The fourth-order valence-corrected chi connectivity index (χ4v) is 3.56. The molecule has 0 saturated carbocycles. The lowest BCUT2D eigenvalue weighted by Gasteiger charge is -2.06. The monoisotopic (exact) mass is 368 g/mol. The van der Waals surface area contributed by atoms with Crippen LogP contribution in [0.15, 0.2) is 54.4 Å². The number of aryl methyl sites for hydroxylation is 2. The van der Waals surface area contributed by atoms with Crippen molar-refractivity contribution in [3.8, 4) is 0 Å². The number of benzene rings is 2. The van der Waals surface area contributed by atoms with Crippen LogP contribution >= 0.6 is 0 Å². The Kier molecular flexibility index (Phi) is 3.42. The average Bonchev–Trinajstić information content (AvgIpc) is 3.40. The quantitative estimate of drug-likeness (QED) is 0.436. The Bertz CT molecular complexity index is 1310. The zero-order valence-electron chi connectivity index (χ0n) is 15.7. The molecule has 6 N–H and O–H groups in total. The van der Waals surface area contributed by atoms with Crippen molar-refractivity contribution < 1.29 is 0 Å². The summed E-state index contributed by atoms with van der Waals surface area (Å²) in [5.74, 6) is 0.970. The second-order valence-electron chi connectivity index (χ2n) is 7.17. The first kappa shape index (κ1) is 16.4. The molecule has 1 aliphatic heterocycles. The van der Waals surface area contributed by atoms with Gasteiger partial charge in [0.25, 0.3) is 0 Å². The summed E-state index contributed by atoms with van der Waals surface area (Å²) in [4.78, 5) is 9.12. The van der Waals surface area contributed by atoms with E-state index in [1.54, 1.807) is 0 Å². The minimum atomic E-state index is 0.734. The summed E-state index contributed by atoms with van der Waals surface area (Å²) in [6.45, 7) is 3.90. The molecule has 0 atom stereocenters. The van der Waals surface area contributed by atoms with Gasteiger partial charge in [0.2, 0.25) is 0 Å². The van der Waals surface area contributed by atoms with Crippen molar-refractivity contribution in [1.82, 2.24) is 15.3 Å². The van der Waals surface area contributed by atoms with Gasteiger partial charge < -0.3 is 22.1 Å². The van der Waals surface area contributed by atoms with Crippen LogP contribution in [0.1, 0.15) is 17.0 Å². The number of pyridine rings is 2. The smallest absolute Gasteiger partial charge is 0.133 e. The van der Waals surface area contributed by atoms with Crippen LogP contribution in [0.25, 0.3) is 27.5 Å². The van der Waals surface area contributed by atoms with E-state index in [1.165, 1.54) is 0 Å². The fraction of sp³-hybridized carbons (Fsp3) is 0.0909. The Balaban J connectivity index is 1.47. The van der Waals surface area contributed by atoms with Gasteiger partial charge in [-0.05, 0) is 50.2 Å². The first-order valence-electron chi connectivity index (χ1n) is 9.10. The van der Waals surface area contributed by atoms with Crippen molar-refractivity contribution in [1.29, 1.82) is 0 Å². The van der Waals surface area contributed by atoms with Gasteiger partial charge in [-0.1, -0.05) is 12.1 Å². The van der Waals surface area contributed by atoms with Gasteiger partial charge in [-0.3, -0.25) is 9.97 Å². The maximum atomic E-state index is 6.16. The van der Waals surface area contributed by atoms with Crippen molar-refractivity contribution >= 4 is 44.6 Å². The molecule has 3 heterocycles. The number of aromatic nitrogens is 2. The minimum Gasteiger partial charge on any atom is -0.398 e. The second-order valence-corrected chi connectivity index (χ2v) is 7.17. The van der Waals surface area contributed by atoms with Gasteiger partial charge in [0.05, 0.1) is 16.7 Å². The summed E-state index contributed by atoms with van der Waals surface area (Å²) in [6, 6.07) is 15.9. The summed E-state index contributed by atoms with van der Waals surface area (Å²) in [5.41, 5.74) is 20.5. The van der Waals surface area contributed by atoms with Gasteiger partial charge in [0.15, 0.2) is 0 Å². The molecule has 0 fully saturated rings. The molecule has 138 valence electrons. The van der Waals surface area contributed by atoms with Crippen LogP contribution in [0.2, 0.25) is 0 Å². The molecule has 5 rings (SSSR count). The lowest BCUT2D eigenvalue weighted by atomic mass is 10.1. The average molecular weight is 368 g/mol. The van der Waals surface area contributed by atoms with Gasteiger partial charge >= 0.3 is 0 Å². The molecule has 0 spiro atoms. The van der Waals surface area contributed by atoms with Crippen LogP contribution in [0.5, 0.6) is 0 Å². The molecule has 28 heavy (non-hydrogen) atoms. The summed E-state index contributed by atoms with van der Waals surface area (Å²) >= 11 is 0. The van der Waals surface area contributed by atoms with Gasteiger partial charge in [0, 0.05) is 44.8 Å². The molecule has 1 aliphatic rings. The summed E-state index contributed by atoms with van der Waals surface area (Å²) in [7, 11) is 0. The maximum absolute atomic E-state index is 6.16. The van der Waals surface area contributed by atoms with E-state index in [-0.39, 0.29) is 0 Å². The van der Waals surface area contributed by atoms with E-state index in [0.29, 0.717) is 0 Å². The maximum Gasteiger partial charge on any atom is 0.133 e. The van der Waals surface area contributed by atoms with E-state index in [0.717, 1.165) is 67.3 Å². The number of nitrogens with one attached hydrogen (secondary N) is 2. The third kappa shape index (κ3) is 2.75. The molecule has 6 nitrogen and oxygen atoms in total. The molecule has 6 heteroatoms. The number of rotatable bonds is 3. The van der Waals surface area contributed by atoms with Gasteiger partial charge in [-0.15, -0.1) is 0 Å². The molecule has 0 amide bonds. The highest BCUT2D eigenvalue weighted by atomic mass is 15.2. The Labute approximate surface area is 162 Å². The van der Waals surface area contributed by atoms with Crippen LogP contribution in [0, 0.1) is 13.8 Å². The van der Waals surface area contributed by atoms with Crippen LogP contribution in [0.4, 0.5) is 17.1 Å². The molecular formula is C22H20N6. The molecule has 0 unspecified atom stereocenters. The molecule has 4 aromatic rings. The van der Waals surface area contributed by atoms with Gasteiger partial charge in [-0.2, -0.15) is 0 Å². The van der Waals surface area contributed by atoms with E-state index >= 15 is 0 Å². The Hall–Kier alpha value is -3.80. The van der Waals surface area contributed by atoms with Gasteiger partial charge in [-0.25, -0.2) is 0 Å². The van der Waals surface area contributed by atoms with Crippen molar-refractivity contribution in [2.45, 2.75) is 13.8 Å². The van der Waals surface area contributed by atoms with Crippen LogP contribution in [0.3, 0.4) is 0 Å². The standard InChI is InChI=1S/C22H20N6/c1-11-8-18(24)16-10-14(4-6-19(16)25-11)27-22-21(28-22)13-3-5-15-17(23)7-12(2)26-20(15)9-13/h3-10,27-28H,1-2H3,(H2,23,26)(H2,24,25). The lowest BCUT2D eigenvalue weighted by Crippen LogP contribution is -1.97. The molecular weight excluding hydrogens is 348 g/mol. The number of anilines is 3. The van der Waals surface area contributed by atoms with Gasteiger partial charge in [0.1, 0.15) is 5.82 Å². The molecule has 2 aromatic heterocycles. The Morgan fingerprint density at radius 3 is 2.29 bits per heavy atom. The number of fused-ring (bicyclic) bond motifs is 2. The second kappa shape index (κ2) is 5.85. The number of hydrogen-bond donors (Lipinski definition) is 4. The van der Waals surface area contributed by atoms with E-state index in [9.17, 15) is 0 Å². The van der Waals surface area contributed by atoms with Crippen molar-refractivity contribution in [2.75, 3.05) is 16.8 Å². The third-order valence-electron chi connectivity index (χ3n) is 4.93. The predicted molar refractivity (Wildman–Crippen MR) is 115 cm³/mol. The largest absolute Gasteiger partial charge is 0.398 e. The predicted octanol–water partition coefficient (Wildman–Crippen LogP) is 3.91. The lowest BCUT2D eigenvalue weighted by molar-refractivity contribution is 1.25. The van der Waals surface area contributed by atoms with Crippen molar-refractivity contribution in [2.24, 2.45) is 0 Å². The highest BCUT2D eigenvalue weighted by Crippen LogP contribution is 2.32. The van der Waals surface area contributed by atoms with E-state index in [2.05, 4.69) is 32.7 Å². The normalized spacial score (nSPS) is 13.1. The first-order valence-corrected chi connectivity index (χ1v) is 9.10. The molecule has 0 saturated heterocycles. The van der Waals surface area contributed by atoms with Crippen LogP contribution < -0.4 is 22.1 Å². The third-order valence-corrected chi connectivity index (χ3v) is 4.93. The van der Waals surface area contributed by atoms with Crippen LogP contribution in [-0.4, -0.2) is 9.97 Å². The van der Waals surface area contributed by atoms with Crippen molar-refractivity contribution in [3.05, 3.63) is 71.3 Å². The van der Waals surface area contributed by atoms with E-state index in [1.807, 2.05) is 50.2 Å². The first-order chi connectivity index (χ1) is 13.5.